The maximum Gasteiger partial charge on any atom is 0.494 e. The van der Waals surface area contributed by atoms with Gasteiger partial charge in [0.15, 0.2) is 0 Å². The normalized spacial score (nSPS) is 17.1. The first kappa shape index (κ1) is 21.1. The van der Waals surface area contributed by atoms with Crippen LogP contribution >= 0.6 is 0 Å². The van der Waals surface area contributed by atoms with E-state index in [1.165, 1.54) is 12.1 Å². The number of hydrogen-bond donors (Lipinski definition) is 2. The number of amides is 2. The molecule has 3 rings (SSSR count). The molecule has 2 aromatic carbocycles. The van der Waals surface area contributed by atoms with Crippen LogP contribution in [0.2, 0.25) is 0 Å². The van der Waals surface area contributed by atoms with E-state index >= 15 is 0 Å². The van der Waals surface area contributed by atoms with Crippen molar-refractivity contribution in [3.63, 3.8) is 0 Å². The Morgan fingerprint density at radius 1 is 1.03 bits per heavy atom. The summed E-state index contributed by atoms with van der Waals surface area (Å²) in [6.07, 6.45) is 0. The van der Waals surface area contributed by atoms with Crippen LogP contribution in [0.15, 0.2) is 48.5 Å². The Hall–Kier alpha value is -2.58. The van der Waals surface area contributed by atoms with Crippen LogP contribution in [0.25, 0.3) is 0 Å². The summed E-state index contributed by atoms with van der Waals surface area (Å²) < 4.78 is 31.2. The van der Waals surface area contributed by atoms with Gasteiger partial charge in [-0.1, -0.05) is 24.3 Å². The molecule has 6 nitrogen and oxygen atoms in total. The summed E-state index contributed by atoms with van der Waals surface area (Å²) >= 11 is 0. The molecule has 1 aliphatic heterocycles. The van der Waals surface area contributed by atoms with E-state index in [2.05, 4.69) is 10.6 Å². The van der Waals surface area contributed by atoms with Gasteiger partial charge in [-0.05, 0) is 57.4 Å². The first-order valence-corrected chi connectivity index (χ1v) is 9.56. The van der Waals surface area contributed by atoms with Gasteiger partial charge in [0.05, 0.1) is 23.4 Å². The first-order valence-electron chi connectivity index (χ1n) is 9.56. The van der Waals surface area contributed by atoms with Gasteiger partial charge in [-0.3, -0.25) is 0 Å². The van der Waals surface area contributed by atoms with Crippen molar-refractivity contribution in [1.82, 2.24) is 5.32 Å². The Morgan fingerprint density at radius 2 is 1.66 bits per heavy atom. The lowest BCUT2D eigenvalue weighted by Gasteiger charge is -2.32. The molecule has 0 aliphatic carbocycles. The fourth-order valence-corrected chi connectivity index (χ4v) is 2.76. The highest BCUT2D eigenvalue weighted by Crippen LogP contribution is 2.36. The van der Waals surface area contributed by atoms with Gasteiger partial charge in [-0.15, -0.1) is 0 Å². The van der Waals surface area contributed by atoms with Crippen LogP contribution in [0.4, 0.5) is 14.9 Å². The largest absolute Gasteiger partial charge is 0.494 e. The van der Waals surface area contributed by atoms with Crippen molar-refractivity contribution in [1.29, 1.82) is 0 Å². The minimum Gasteiger partial charge on any atom is -0.492 e. The van der Waals surface area contributed by atoms with Crippen molar-refractivity contribution < 1.29 is 23.2 Å². The Morgan fingerprint density at radius 3 is 2.28 bits per heavy atom. The van der Waals surface area contributed by atoms with Crippen LogP contribution in [-0.2, 0) is 9.31 Å². The van der Waals surface area contributed by atoms with E-state index in [4.69, 9.17) is 14.0 Å². The summed E-state index contributed by atoms with van der Waals surface area (Å²) in [7, 11) is -0.419. The molecule has 1 heterocycles. The van der Waals surface area contributed by atoms with E-state index in [-0.39, 0.29) is 30.0 Å². The summed E-state index contributed by atoms with van der Waals surface area (Å²) in [4.78, 5) is 11.8. The standard InChI is InChI=1S/C21H26BFN2O4/c1-20(2)21(3,4)29-22(28-20)15-9-11-16(12-10-15)27-14-13-24-19(26)25-18-8-6-5-7-17(18)23/h5-12H,13-14H2,1-4H3,(H2,24,25,26). The number of ether oxygens (including phenoxy) is 1. The van der Waals surface area contributed by atoms with Crippen LogP contribution in [0.5, 0.6) is 5.75 Å². The Kier molecular flexibility index (Phi) is 6.14. The third-order valence-electron chi connectivity index (χ3n) is 5.18. The van der Waals surface area contributed by atoms with E-state index in [9.17, 15) is 9.18 Å². The highest BCUT2D eigenvalue weighted by Gasteiger charge is 2.51. The second kappa shape index (κ2) is 8.43. The van der Waals surface area contributed by atoms with Gasteiger partial charge < -0.3 is 24.7 Å². The number of rotatable bonds is 6. The molecule has 0 atom stereocenters. The summed E-state index contributed by atoms with van der Waals surface area (Å²) in [5, 5.41) is 5.07. The number of hydrogen-bond acceptors (Lipinski definition) is 4. The summed E-state index contributed by atoms with van der Waals surface area (Å²) in [5.41, 5.74) is 0.270. The lowest BCUT2D eigenvalue weighted by Crippen LogP contribution is -2.41. The maximum absolute atomic E-state index is 13.5. The van der Waals surface area contributed by atoms with Crippen LogP contribution < -0.4 is 20.8 Å². The molecule has 1 aliphatic rings. The summed E-state index contributed by atoms with van der Waals surface area (Å²) in [6, 6.07) is 13.0. The lowest BCUT2D eigenvalue weighted by atomic mass is 9.79. The molecule has 0 aromatic heterocycles. The SMILES string of the molecule is CC1(C)OB(c2ccc(OCCNC(=O)Nc3ccccc3F)cc2)OC1(C)C. The van der Waals surface area contributed by atoms with Gasteiger partial charge in [0.2, 0.25) is 0 Å². The van der Waals surface area contributed by atoms with Crippen LogP contribution in [0.1, 0.15) is 27.7 Å². The third kappa shape index (κ3) is 5.08. The zero-order valence-electron chi connectivity index (χ0n) is 17.1. The Balaban J connectivity index is 1.43. The highest BCUT2D eigenvalue weighted by atomic mass is 19.1. The summed E-state index contributed by atoms with van der Waals surface area (Å²) in [6.45, 7) is 8.61. The maximum atomic E-state index is 13.5. The molecular formula is C21H26BFN2O4. The van der Waals surface area contributed by atoms with Gasteiger partial charge in [0.1, 0.15) is 18.2 Å². The number of carbonyl (C=O) groups is 1. The molecular weight excluding hydrogens is 374 g/mol. The number of urea groups is 1. The quantitative estimate of drug-likeness (QED) is 0.577. The number of benzene rings is 2. The zero-order chi connectivity index (χ0) is 21.1. The summed E-state index contributed by atoms with van der Waals surface area (Å²) in [5.74, 6) is 0.183. The molecule has 1 fully saturated rings. The number of halogens is 1. The number of carbonyl (C=O) groups excluding carboxylic acids is 1. The number of para-hydroxylation sites is 1. The fourth-order valence-electron chi connectivity index (χ4n) is 2.76. The molecule has 29 heavy (non-hydrogen) atoms. The van der Waals surface area contributed by atoms with Crippen LogP contribution in [0, 0.1) is 5.82 Å². The van der Waals surface area contributed by atoms with Gasteiger partial charge in [-0.2, -0.15) is 0 Å². The lowest BCUT2D eigenvalue weighted by molar-refractivity contribution is 0.00578. The van der Waals surface area contributed by atoms with Gasteiger partial charge >= 0.3 is 13.1 Å². The van der Waals surface area contributed by atoms with Crippen molar-refractivity contribution in [3.05, 3.63) is 54.3 Å². The Labute approximate surface area is 170 Å². The molecule has 8 heteroatoms. The predicted octanol–water partition coefficient (Wildman–Crippen LogP) is 3.33. The van der Waals surface area contributed by atoms with E-state index < -0.39 is 19.0 Å². The first-order chi connectivity index (χ1) is 13.7. The van der Waals surface area contributed by atoms with Gasteiger partial charge in [0, 0.05) is 0 Å². The van der Waals surface area contributed by atoms with Gasteiger partial charge in [-0.25, -0.2) is 9.18 Å². The van der Waals surface area contributed by atoms with Gasteiger partial charge in [0.25, 0.3) is 0 Å². The average Bonchev–Trinajstić information content (AvgIpc) is 2.89. The van der Waals surface area contributed by atoms with E-state index in [0.717, 1.165) is 5.46 Å². The second-order valence-electron chi connectivity index (χ2n) is 7.87. The van der Waals surface area contributed by atoms with E-state index in [1.807, 2.05) is 52.0 Å². The third-order valence-corrected chi connectivity index (χ3v) is 5.18. The van der Waals surface area contributed by atoms with E-state index in [1.54, 1.807) is 12.1 Å². The predicted molar refractivity (Wildman–Crippen MR) is 111 cm³/mol. The number of nitrogens with one attached hydrogen (secondary N) is 2. The number of anilines is 1. The van der Waals surface area contributed by atoms with Crippen molar-refractivity contribution in [2.24, 2.45) is 0 Å². The van der Waals surface area contributed by atoms with Crippen molar-refractivity contribution in [2.75, 3.05) is 18.5 Å². The molecule has 0 spiro atoms. The minimum absolute atomic E-state index is 0.129. The molecule has 2 amide bonds. The van der Waals surface area contributed by atoms with Crippen molar-refractivity contribution in [3.8, 4) is 5.75 Å². The fraction of sp³-hybridized carbons (Fsp3) is 0.381. The molecule has 1 saturated heterocycles. The minimum atomic E-state index is -0.491. The smallest absolute Gasteiger partial charge is 0.492 e. The molecule has 2 aromatic rings. The second-order valence-corrected chi connectivity index (χ2v) is 7.87. The zero-order valence-corrected chi connectivity index (χ0v) is 17.1. The monoisotopic (exact) mass is 400 g/mol. The average molecular weight is 400 g/mol. The Bertz CT molecular complexity index is 842. The topological polar surface area (TPSA) is 68.8 Å². The van der Waals surface area contributed by atoms with Crippen LogP contribution in [0.3, 0.4) is 0 Å². The molecule has 0 saturated carbocycles. The van der Waals surface area contributed by atoms with Crippen LogP contribution in [-0.4, -0.2) is 37.5 Å². The van der Waals surface area contributed by atoms with Crippen molar-refractivity contribution >= 4 is 24.3 Å². The molecule has 0 radical (unpaired) electrons. The highest BCUT2D eigenvalue weighted by molar-refractivity contribution is 6.62. The van der Waals surface area contributed by atoms with Crippen molar-refractivity contribution in [2.45, 2.75) is 38.9 Å². The molecule has 0 bridgehead atoms. The molecule has 154 valence electrons. The van der Waals surface area contributed by atoms with E-state index in [0.29, 0.717) is 5.75 Å². The molecule has 0 unspecified atom stereocenters. The molecule has 2 N–H and O–H groups in total.